The number of benzene rings is 2. The van der Waals surface area contributed by atoms with E-state index in [1.54, 1.807) is 18.2 Å². The van der Waals surface area contributed by atoms with Crippen LogP contribution in [0.2, 0.25) is 10.0 Å². The molecule has 0 radical (unpaired) electrons. The van der Waals surface area contributed by atoms with Crippen molar-refractivity contribution < 1.29 is 14.3 Å². The van der Waals surface area contributed by atoms with Gasteiger partial charge in [-0.2, -0.15) is 5.10 Å². The van der Waals surface area contributed by atoms with Crippen molar-refractivity contribution in [1.29, 1.82) is 0 Å². The number of amides is 1. The molecule has 0 bridgehead atoms. The number of hydrogen-bond acceptors (Lipinski definition) is 6. The van der Waals surface area contributed by atoms with Crippen molar-refractivity contribution in [2.75, 3.05) is 17.7 Å². The van der Waals surface area contributed by atoms with Crippen LogP contribution in [-0.4, -0.2) is 33.2 Å². The number of carbonyl (C=O) groups excluding carboxylic acids is 2. The molecule has 138 valence electrons. The number of rotatable bonds is 5. The van der Waals surface area contributed by atoms with E-state index in [9.17, 15) is 9.59 Å². The molecule has 1 amide bonds. The van der Waals surface area contributed by atoms with Gasteiger partial charge in [-0.15, -0.1) is 0 Å². The summed E-state index contributed by atoms with van der Waals surface area (Å²) < 4.78 is 6.47. The Bertz CT molecular complexity index is 992. The van der Waals surface area contributed by atoms with E-state index in [2.05, 4.69) is 15.4 Å². The Labute approximate surface area is 163 Å². The molecule has 0 aliphatic rings. The molecule has 27 heavy (non-hydrogen) atoms. The van der Waals surface area contributed by atoms with Crippen molar-refractivity contribution in [3.63, 3.8) is 0 Å². The van der Waals surface area contributed by atoms with E-state index in [0.29, 0.717) is 21.4 Å². The van der Waals surface area contributed by atoms with Gasteiger partial charge >= 0.3 is 5.97 Å². The van der Waals surface area contributed by atoms with Crippen LogP contribution < -0.4 is 11.1 Å². The van der Waals surface area contributed by atoms with Crippen LogP contribution in [0.1, 0.15) is 10.4 Å². The Hall–Kier alpha value is -3.10. The second-order valence-electron chi connectivity index (χ2n) is 5.36. The van der Waals surface area contributed by atoms with E-state index < -0.39 is 18.5 Å². The van der Waals surface area contributed by atoms with Crippen LogP contribution in [0.4, 0.5) is 11.4 Å². The number of hydrogen-bond donors (Lipinski definition) is 2. The van der Waals surface area contributed by atoms with Crippen LogP contribution in [0, 0.1) is 0 Å². The zero-order chi connectivity index (χ0) is 19.4. The zero-order valence-electron chi connectivity index (χ0n) is 13.7. The van der Waals surface area contributed by atoms with E-state index in [4.69, 9.17) is 33.7 Å². The monoisotopic (exact) mass is 405 g/mol. The lowest BCUT2D eigenvalue weighted by Gasteiger charge is -2.11. The van der Waals surface area contributed by atoms with Gasteiger partial charge in [0.15, 0.2) is 6.61 Å². The zero-order valence-corrected chi connectivity index (χ0v) is 15.2. The number of ether oxygens (including phenoxy) is 1. The average Bonchev–Trinajstić information content (AvgIpc) is 3.16. The van der Waals surface area contributed by atoms with Crippen LogP contribution in [0.3, 0.4) is 0 Å². The average molecular weight is 406 g/mol. The van der Waals surface area contributed by atoms with Gasteiger partial charge in [0.25, 0.3) is 5.91 Å². The molecular formula is C17H13Cl2N5O3. The Balaban J connectivity index is 1.67. The first-order valence-electron chi connectivity index (χ1n) is 7.60. The summed E-state index contributed by atoms with van der Waals surface area (Å²) >= 11 is 11.8. The maximum Gasteiger partial charge on any atom is 0.338 e. The fourth-order valence-corrected chi connectivity index (χ4v) is 2.50. The van der Waals surface area contributed by atoms with Crippen LogP contribution in [-0.2, 0) is 9.53 Å². The summed E-state index contributed by atoms with van der Waals surface area (Å²) in [6.45, 7) is -0.495. The van der Waals surface area contributed by atoms with Gasteiger partial charge in [-0.3, -0.25) is 4.79 Å². The van der Waals surface area contributed by atoms with Crippen molar-refractivity contribution >= 4 is 46.5 Å². The van der Waals surface area contributed by atoms with E-state index >= 15 is 0 Å². The third kappa shape index (κ3) is 4.55. The molecule has 10 heteroatoms. The van der Waals surface area contributed by atoms with Crippen molar-refractivity contribution in [1.82, 2.24) is 14.8 Å². The van der Waals surface area contributed by atoms with Crippen LogP contribution in [0.15, 0.2) is 49.1 Å². The van der Waals surface area contributed by atoms with Crippen LogP contribution in [0.25, 0.3) is 5.69 Å². The number of carbonyl (C=O) groups is 2. The first kappa shape index (κ1) is 18.7. The Morgan fingerprint density at radius 1 is 1.19 bits per heavy atom. The van der Waals surface area contributed by atoms with Gasteiger partial charge in [0.05, 0.1) is 27.6 Å². The number of aromatic nitrogens is 3. The third-order valence-electron chi connectivity index (χ3n) is 3.46. The third-order valence-corrected chi connectivity index (χ3v) is 4.04. The molecule has 0 spiro atoms. The molecule has 0 fully saturated rings. The predicted octanol–water partition coefficient (Wildman–Crippen LogP) is 2.95. The fourth-order valence-electron chi connectivity index (χ4n) is 2.21. The van der Waals surface area contributed by atoms with Crippen LogP contribution >= 0.6 is 23.2 Å². The second-order valence-corrected chi connectivity index (χ2v) is 6.21. The first-order chi connectivity index (χ1) is 12.9. The normalized spacial score (nSPS) is 10.4. The number of esters is 1. The molecular weight excluding hydrogens is 393 g/mol. The second kappa shape index (κ2) is 8.07. The molecule has 0 unspecified atom stereocenters. The number of nitrogen functional groups attached to an aromatic ring is 1. The highest BCUT2D eigenvalue weighted by Gasteiger charge is 2.14. The fraction of sp³-hybridized carbons (Fsp3) is 0.0588. The number of anilines is 2. The van der Waals surface area contributed by atoms with Crippen LogP contribution in [0.5, 0.6) is 0 Å². The quantitative estimate of drug-likeness (QED) is 0.498. The standard InChI is InChI=1S/C17H13Cl2N5O3/c18-11-2-4-15(24-9-21-8-22-24)14(6-11)23-16(25)7-27-17(26)10-1-3-12(19)13(20)5-10/h1-6,8-9H,7,20H2,(H,23,25). The summed E-state index contributed by atoms with van der Waals surface area (Å²) in [5.74, 6) is -1.25. The Kier molecular flexibility index (Phi) is 5.58. The molecule has 0 saturated heterocycles. The van der Waals surface area contributed by atoms with Crippen molar-refractivity contribution in [2.24, 2.45) is 0 Å². The van der Waals surface area contributed by atoms with Gasteiger partial charge in [-0.05, 0) is 36.4 Å². The smallest absolute Gasteiger partial charge is 0.338 e. The summed E-state index contributed by atoms with van der Waals surface area (Å²) in [6.07, 6.45) is 2.84. The van der Waals surface area contributed by atoms with E-state index in [1.165, 1.54) is 35.5 Å². The minimum absolute atomic E-state index is 0.191. The molecule has 2 aromatic carbocycles. The summed E-state index contributed by atoms with van der Waals surface area (Å²) in [4.78, 5) is 28.1. The van der Waals surface area contributed by atoms with E-state index in [1.807, 2.05) is 0 Å². The highest BCUT2D eigenvalue weighted by atomic mass is 35.5. The molecule has 3 N–H and O–H groups in total. The number of halogens is 2. The van der Waals surface area contributed by atoms with Crippen molar-refractivity contribution in [3.05, 3.63) is 64.7 Å². The molecule has 8 nitrogen and oxygen atoms in total. The lowest BCUT2D eigenvalue weighted by atomic mass is 10.2. The molecule has 1 aromatic heterocycles. The summed E-state index contributed by atoms with van der Waals surface area (Å²) in [7, 11) is 0. The minimum Gasteiger partial charge on any atom is -0.452 e. The maximum absolute atomic E-state index is 12.2. The largest absolute Gasteiger partial charge is 0.452 e. The van der Waals surface area contributed by atoms with Gasteiger partial charge in [-0.1, -0.05) is 23.2 Å². The summed E-state index contributed by atoms with van der Waals surface area (Å²) in [5, 5.41) is 7.39. The summed E-state index contributed by atoms with van der Waals surface area (Å²) in [5.41, 5.74) is 7.03. The van der Waals surface area contributed by atoms with Crippen molar-refractivity contribution in [2.45, 2.75) is 0 Å². The molecule has 0 aliphatic heterocycles. The minimum atomic E-state index is -0.698. The SMILES string of the molecule is Nc1cc(C(=O)OCC(=O)Nc2cc(Cl)ccc2-n2cncn2)ccc1Cl. The Morgan fingerprint density at radius 3 is 2.70 bits per heavy atom. The van der Waals surface area contributed by atoms with Gasteiger partial charge in [0.2, 0.25) is 0 Å². The van der Waals surface area contributed by atoms with Crippen molar-refractivity contribution in [3.8, 4) is 5.69 Å². The van der Waals surface area contributed by atoms with E-state index in [-0.39, 0.29) is 11.3 Å². The molecule has 0 aliphatic carbocycles. The maximum atomic E-state index is 12.2. The topological polar surface area (TPSA) is 112 Å². The predicted molar refractivity (Wildman–Crippen MR) is 101 cm³/mol. The number of nitrogens with one attached hydrogen (secondary N) is 1. The number of nitrogens with two attached hydrogens (primary N) is 1. The molecule has 3 rings (SSSR count). The molecule has 0 saturated carbocycles. The van der Waals surface area contributed by atoms with Gasteiger partial charge < -0.3 is 15.8 Å². The summed E-state index contributed by atoms with van der Waals surface area (Å²) in [6, 6.07) is 9.19. The van der Waals surface area contributed by atoms with Gasteiger partial charge in [-0.25, -0.2) is 14.5 Å². The van der Waals surface area contributed by atoms with Gasteiger partial charge in [0, 0.05) is 5.02 Å². The van der Waals surface area contributed by atoms with E-state index in [0.717, 1.165) is 0 Å². The molecule has 0 atom stereocenters. The Morgan fingerprint density at radius 2 is 2.00 bits per heavy atom. The van der Waals surface area contributed by atoms with Gasteiger partial charge in [0.1, 0.15) is 12.7 Å². The highest BCUT2D eigenvalue weighted by molar-refractivity contribution is 6.33. The first-order valence-corrected chi connectivity index (χ1v) is 8.36. The lowest BCUT2D eigenvalue weighted by molar-refractivity contribution is -0.119. The number of nitrogens with zero attached hydrogens (tertiary/aromatic N) is 3. The highest BCUT2D eigenvalue weighted by Crippen LogP contribution is 2.24. The lowest BCUT2D eigenvalue weighted by Crippen LogP contribution is -2.22. The molecule has 1 heterocycles. The molecule has 3 aromatic rings.